The van der Waals surface area contributed by atoms with Crippen LogP contribution in [0, 0.1) is 12.8 Å². The number of hydrogen-bond donors (Lipinski definition) is 2. The molecule has 2 N–H and O–H groups in total. The molecule has 0 radical (unpaired) electrons. The number of sulfonamides is 1. The molecule has 0 spiro atoms. The molecule has 1 atom stereocenters. The second-order valence-corrected chi connectivity index (χ2v) is 9.39. The number of hydrogen-bond acceptors (Lipinski definition) is 5. The predicted molar refractivity (Wildman–Crippen MR) is 102 cm³/mol. The Morgan fingerprint density at radius 3 is 2.88 bits per heavy atom. The predicted octanol–water partition coefficient (Wildman–Crippen LogP) is 1.27. The van der Waals surface area contributed by atoms with Crippen LogP contribution in [0.4, 0.5) is 0 Å². The minimum absolute atomic E-state index is 0.272. The number of thiophene rings is 1. The van der Waals surface area contributed by atoms with Gasteiger partial charge in [-0.05, 0) is 32.4 Å². The first-order valence-corrected chi connectivity index (χ1v) is 10.9. The van der Waals surface area contributed by atoms with E-state index in [0.717, 1.165) is 43.6 Å². The Morgan fingerprint density at radius 2 is 2.28 bits per heavy atom. The molecule has 0 aliphatic carbocycles. The third-order valence-corrected chi connectivity index (χ3v) is 6.85. The van der Waals surface area contributed by atoms with Crippen LogP contribution in [-0.2, 0) is 14.8 Å². The second-order valence-electron chi connectivity index (χ2n) is 6.11. The first-order chi connectivity index (χ1) is 11.9. The molecule has 7 nitrogen and oxygen atoms in total. The van der Waals surface area contributed by atoms with Gasteiger partial charge in [-0.3, -0.25) is 4.99 Å². The quantitative estimate of drug-likeness (QED) is 0.398. The normalized spacial score (nSPS) is 18.5. The van der Waals surface area contributed by atoms with Gasteiger partial charge >= 0.3 is 0 Å². The van der Waals surface area contributed by atoms with Gasteiger partial charge in [-0.1, -0.05) is 0 Å². The maximum Gasteiger partial charge on any atom is 0.250 e. The van der Waals surface area contributed by atoms with Gasteiger partial charge in [0.15, 0.2) is 5.96 Å². The lowest BCUT2D eigenvalue weighted by atomic mass is 10.1. The number of nitrogens with one attached hydrogen (secondary N) is 2. The van der Waals surface area contributed by atoms with Crippen LogP contribution in [0.3, 0.4) is 0 Å². The van der Waals surface area contributed by atoms with Crippen LogP contribution in [0.2, 0.25) is 0 Å². The zero-order valence-electron chi connectivity index (χ0n) is 15.1. The first-order valence-electron chi connectivity index (χ1n) is 8.55. The van der Waals surface area contributed by atoms with Crippen molar-refractivity contribution >= 4 is 27.3 Å². The Balaban J connectivity index is 1.85. The van der Waals surface area contributed by atoms with Crippen LogP contribution >= 0.6 is 11.3 Å². The molecule has 1 unspecified atom stereocenters. The fourth-order valence-corrected chi connectivity index (χ4v) is 4.99. The van der Waals surface area contributed by atoms with Gasteiger partial charge in [-0.25, -0.2) is 13.1 Å². The second kappa shape index (κ2) is 9.51. The van der Waals surface area contributed by atoms with Crippen molar-refractivity contribution in [3.8, 4) is 0 Å². The summed E-state index contributed by atoms with van der Waals surface area (Å²) in [6.07, 6.45) is 1.07. The minimum Gasteiger partial charge on any atom is -0.381 e. The van der Waals surface area contributed by atoms with Crippen molar-refractivity contribution in [2.24, 2.45) is 10.9 Å². The smallest absolute Gasteiger partial charge is 0.250 e. The third kappa shape index (κ3) is 6.25. The molecule has 1 aliphatic heterocycles. The van der Waals surface area contributed by atoms with E-state index in [1.807, 2.05) is 27.0 Å². The highest BCUT2D eigenvalue weighted by molar-refractivity contribution is 7.91. The van der Waals surface area contributed by atoms with Crippen LogP contribution in [0.15, 0.2) is 21.3 Å². The molecule has 0 bridgehead atoms. The lowest BCUT2D eigenvalue weighted by Crippen LogP contribution is -2.42. The van der Waals surface area contributed by atoms with Crippen LogP contribution in [-0.4, -0.2) is 65.7 Å². The minimum atomic E-state index is -3.44. The van der Waals surface area contributed by atoms with Crippen LogP contribution in [0.25, 0.3) is 0 Å². The standard InChI is InChI=1S/C16H28N4O3S2/c1-4-17-16(20(3)11-14-7-10-23-12-14)18-8-9-19-25(21,22)15-6-5-13(2)24-15/h5-6,14,19H,4,7-12H2,1-3H3,(H,17,18). The van der Waals surface area contributed by atoms with Crippen molar-refractivity contribution in [3.05, 3.63) is 17.0 Å². The molecular weight excluding hydrogens is 360 g/mol. The number of ether oxygens (including phenoxy) is 1. The van der Waals surface area contributed by atoms with E-state index in [4.69, 9.17) is 4.74 Å². The Bertz CT molecular complexity index is 667. The monoisotopic (exact) mass is 388 g/mol. The van der Waals surface area contributed by atoms with E-state index in [9.17, 15) is 8.42 Å². The molecule has 1 saturated heterocycles. The molecule has 1 aromatic heterocycles. The average molecular weight is 389 g/mol. The topological polar surface area (TPSA) is 83.0 Å². The molecule has 142 valence electrons. The number of rotatable bonds is 8. The summed E-state index contributed by atoms with van der Waals surface area (Å²) in [7, 11) is -1.44. The summed E-state index contributed by atoms with van der Waals surface area (Å²) in [5.41, 5.74) is 0. The van der Waals surface area contributed by atoms with Crippen molar-refractivity contribution in [2.75, 3.05) is 46.4 Å². The lowest BCUT2D eigenvalue weighted by Gasteiger charge is -2.24. The number of guanidine groups is 1. The van der Waals surface area contributed by atoms with Gasteiger partial charge in [0.25, 0.3) is 0 Å². The SMILES string of the molecule is CCNC(=NCCNS(=O)(=O)c1ccc(C)s1)N(C)CC1CCOC1. The molecule has 2 heterocycles. The van der Waals surface area contributed by atoms with Gasteiger partial charge in [0.2, 0.25) is 10.0 Å². The van der Waals surface area contributed by atoms with E-state index in [-0.39, 0.29) is 6.54 Å². The highest BCUT2D eigenvalue weighted by Gasteiger charge is 2.19. The van der Waals surface area contributed by atoms with Gasteiger partial charge < -0.3 is 15.0 Å². The van der Waals surface area contributed by atoms with Crippen LogP contribution in [0.1, 0.15) is 18.2 Å². The summed E-state index contributed by atoms with van der Waals surface area (Å²) in [4.78, 5) is 7.58. The first kappa shape index (κ1) is 20.2. The van der Waals surface area contributed by atoms with Crippen LogP contribution < -0.4 is 10.0 Å². The summed E-state index contributed by atoms with van der Waals surface area (Å²) in [5.74, 6) is 1.31. The van der Waals surface area contributed by atoms with Gasteiger partial charge in [0, 0.05) is 44.1 Å². The van der Waals surface area contributed by atoms with Gasteiger partial charge in [-0.15, -0.1) is 11.3 Å². The molecule has 1 fully saturated rings. The summed E-state index contributed by atoms with van der Waals surface area (Å²) >= 11 is 1.27. The largest absolute Gasteiger partial charge is 0.381 e. The third-order valence-electron chi connectivity index (χ3n) is 3.90. The van der Waals surface area contributed by atoms with E-state index < -0.39 is 10.0 Å². The summed E-state index contributed by atoms with van der Waals surface area (Å²) in [5, 5.41) is 3.25. The van der Waals surface area contributed by atoms with Gasteiger partial charge in [-0.2, -0.15) is 0 Å². The maximum atomic E-state index is 12.2. The highest BCUT2D eigenvalue weighted by atomic mass is 32.2. The van der Waals surface area contributed by atoms with E-state index >= 15 is 0 Å². The van der Waals surface area contributed by atoms with E-state index in [0.29, 0.717) is 16.7 Å². The fourth-order valence-electron chi connectivity index (χ4n) is 2.64. The van der Waals surface area contributed by atoms with Gasteiger partial charge in [0.05, 0.1) is 13.2 Å². The number of aryl methyl sites for hydroxylation is 1. The van der Waals surface area contributed by atoms with Crippen LogP contribution in [0.5, 0.6) is 0 Å². The Labute approximate surface area is 154 Å². The lowest BCUT2D eigenvalue weighted by molar-refractivity contribution is 0.181. The summed E-state index contributed by atoms with van der Waals surface area (Å²) in [6.45, 7) is 7.84. The molecule has 25 heavy (non-hydrogen) atoms. The summed E-state index contributed by atoms with van der Waals surface area (Å²) < 4.78 is 32.8. The molecule has 1 aromatic rings. The molecule has 0 amide bonds. The van der Waals surface area contributed by atoms with E-state index in [1.54, 1.807) is 6.07 Å². The van der Waals surface area contributed by atoms with Crippen molar-refractivity contribution in [1.29, 1.82) is 0 Å². The number of aliphatic imine (C=N–C) groups is 1. The Kier molecular flexibility index (Phi) is 7.67. The molecule has 1 aliphatic rings. The molecule has 9 heteroatoms. The van der Waals surface area contributed by atoms with Crippen molar-refractivity contribution < 1.29 is 13.2 Å². The molecular formula is C16H28N4O3S2. The number of nitrogens with zero attached hydrogens (tertiary/aromatic N) is 2. The van der Waals surface area contributed by atoms with E-state index in [1.165, 1.54) is 11.3 Å². The van der Waals surface area contributed by atoms with Crippen molar-refractivity contribution in [1.82, 2.24) is 14.9 Å². The maximum absolute atomic E-state index is 12.2. The molecule has 0 aromatic carbocycles. The Hall–Kier alpha value is -1.16. The Morgan fingerprint density at radius 1 is 1.48 bits per heavy atom. The molecule has 2 rings (SSSR count). The summed E-state index contributed by atoms with van der Waals surface area (Å²) in [6, 6.07) is 3.44. The van der Waals surface area contributed by atoms with Gasteiger partial charge in [0.1, 0.15) is 4.21 Å². The van der Waals surface area contributed by atoms with Crippen molar-refractivity contribution in [2.45, 2.75) is 24.5 Å². The zero-order valence-corrected chi connectivity index (χ0v) is 16.8. The highest BCUT2D eigenvalue weighted by Crippen LogP contribution is 2.20. The van der Waals surface area contributed by atoms with Crippen molar-refractivity contribution in [3.63, 3.8) is 0 Å². The van der Waals surface area contributed by atoms with E-state index in [2.05, 4.69) is 19.9 Å². The fraction of sp³-hybridized carbons (Fsp3) is 0.688. The molecule has 0 saturated carbocycles. The zero-order chi connectivity index (χ0) is 18.3. The average Bonchev–Trinajstić information content (AvgIpc) is 3.22.